The lowest BCUT2D eigenvalue weighted by Gasteiger charge is -2.31. The molecule has 2 bridgehead atoms. The lowest BCUT2D eigenvalue weighted by molar-refractivity contribution is 0.174. The number of hydrogen-bond acceptors (Lipinski definition) is 2. The molecule has 0 spiro atoms. The van der Waals surface area contributed by atoms with Gasteiger partial charge in [0.1, 0.15) is 0 Å². The Labute approximate surface area is 120 Å². The van der Waals surface area contributed by atoms with Gasteiger partial charge >= 0.3 is 0 Å². The van der Waals surface area contributed by atoms with Gasteiger partial charge < -0.3 is 10.2 Å². The standard InChI is InChI=1S/C17H34N2/c1-13(2)11-18-8-7-14(3)19(4)12-17-10-15-5-6-16(17)9-15/h13-18H,5-12H2,1-4H3. The van der Waals surface area contributed by atoms with E-state index in [1.54, 1.807) is 6.42 Å². The van der Waals surface area contributed by atoms with Gasteiger partial charge in [-0.1, -0.05) is 20.3 Å². The summed E-state index contributed by atoms with van der Waals surface area (Å²) < 4.78 is 0. The smallest absolute Gasteiger partial charge is 0.00760 e. The van der Waals surface area contributed by atoms with Crippen molar-refractivity contribution in [1.29, 1.82) is 0 Å². The highest BCUT2D eigenvalue weighted by Crippen LogP contribution is 2.48. The SMILES string of the molecule is CC(C)CNCCC(C)N(C)CC1CC2CCC1C2. The molecule has 2 fully saturated rings. The van der Waals surface area contributed by atoms with Crippen molar-refractivity contribution in [3.05, 3.63) is 0 Å². The second-order valence-corrected chi connectivity index (χ2v) is 7.61. The lowest BCUT2D eigenvalue weighted by Crippen LogP contribution is -2.37. The Morgan fingerprint density at radius 3 is 2.53 bits per heavy atom. The van der Waals surface area contributed by atoms with E-state index in [0.29, 0.717) is 0 Å². The molecule has 2 nitrogen and oxygen atoms in total. The molecule has 19 heavy (non-hydrogen) atoms. The third kappa shape index (κ3) is 4.46. The molecule has 0 aliphatic heterocycles. The van der Waals surface area contributed by atoms with Crippen LogP contribution in [0.3, 0.4) is 0 Å². The zero-order valence-electron chi connectivity index (χ0n) is 13.5. The number of hydrogen-bond donors (Lipinski definition) is 1. The molecule has 2 saturated carbocycles. The summed E-state index contributed by atoms with van der Waals surface area (Å²) in [5.41, 5.74) is 0. The van der Waals surface area contributed by atoms with E-state index in [2.05, 4.69) is 38.0 Å². The van der Waals surface area contributed by atoms with Crippen molar-refractivity contribution in [3.8, 4) is 0 Å². The second-order valence-electron chi connectivity index (χ2n) is 7.61. The van der Waals surface area contributed by atoms with Crippen LogP contribution in [-0.2, 0) is 0 Å². The molecule has 0 radical (unpaired) electrons. The van der Waals surface area contributed by atoms with Gasteiger partial charge in [0.2, 0.25) is 0 Å². The van der Waals surface area contributed by atoms with E-state index in [1.165, 1.54) is 38.8 Å². The fraction of sp³-hybridized carbons (Fsp3) is 1.00. The molecule has 4 atom stereocenters. The fourth-order valence-electron chi connectivity index (χ4n) is 4.07. The molecule has 1 N–H and O–H groups in total. The highest BCUT2D eigenvalue weighted by atomic mass is 15.1. The van der Waals surface area contributed by atoms with Crippen LogP contribution in [0.25, 0.3) is 0 Å². The molecule has 0 aromatic rings. The predicted molar refractivity (Wildman–Crippen MR) is 83.4 cm³/mol. The Hall–Kier alpha value is -0.0800. The van der Waals surface area contributed by atoms with Gasteiger partial charge in [-0.3, -0.25) is 0 Å². The number of fused-ring (bicyclic) bond motifs is 2. The highest BCUT2D eigenvalue weighted by molar-refractivity contribution is 4.91. The van der Waals surface area contributed by atoms with Gasteiger partial charge in [0.05, 0.1) is 0 Å². The third-order valence-electron chi connectivity index (χ3n) is 5.45. The molecule has 0 aromatic carbocycles. The van der Waals surface area contributed by atoms with Gasteiger partial charge in [0.25, 0.3) is 0 Å². The molecule has 0 saturated heterocycles. The van der Waals surface area contributed by atoms with E-state index in [0.717, 1.165) is 36.3 Å². The molecular weight excluding hydrogens is 232 g/mol. The van der Waals surface area contributed by atoms with Crippen LogP contribution in [0.15, 0.2) is 0 Å². The van der Waals surface area contributed by atoms with E-state index < -0.39 is 0 Å². The van der Waals surface area contributed by atoms with Crippen LogP contribution in [-0.4, -0.2) is 37.6 Å². The van der Waals surface area contributed by atoms with Gasteiger partial charge in [0.15, 0.2) is 0 Å². The van der Waals surface area contributed by atoms with Gasteiger partial charge in [-0.25, -0.2) is 0 Å². The lowest BCUT2D eigenvalue weighted by atomic mass is 9.88. The molecule has 2 heteroatoms. The minimum atomic E-state index is 0.721. The summed E-state index contributed by atoms with van der Waals surface area (Å²) in [7, 11) is 2.33. The van der Waals surface area contributed by atoms with Crippen molar-refractivity contribution in [2.75, 3.05) is 26.7 Å². The van der Waals surface area contributed by atoms with Gasteiger partial charge in [-0.15, -0.1) is 0 Å². The predicted octanol–water partition coefficient (Wildman–Crippen LogP) is 3.38. The maximum Gasteiger partial charge on any atom is 0.00760 e. The van der Waals surface area contributed by atoms with E-state index in [4.69, 9.17) is 0 Å². The molecule has 4 unspecified atom stereocenters. The Morgan fingerprint density at radius 1 is 1.16 bits per heavy atom. The van der Waals surface area contributed by atoms with Crippen LogP contribution >= 0.6 is 0 Å². The summed E-state index contributed by atoms with van der Waals surface area (Å²) in [4.78, 5) is 2.61. The number of rotatable bonds is 8. The number of nitrogens with zero attached hydrogens (tertiary/aromatic N) is 1. The minimum Gasteiger partial charge on any atom is -0.316 e. The molecule has 2 aliphatic rings. The van der Waals surface area contributed by atoms with E-state index in [1.807, 2.05) is 0 Å². The highest BCUT2D eigenvalue weighted by Gasteiger charge is 2.39. The first-order chi connectivity index (χ1) is 9.06. The molecule has 112 valence electrons. The van der Waals surface area contributed by atoms with Crippen LogP contribution in [0.1, 0.15) is 52.9 Å². The van der Waals surface area contributed by atoms with Crippen LogP contribution in [0.5, 0.6) is 0 Å². The first kappa shape index (κ1) is 15.3. The molecule has 0 amide bonds. The monoisotopic (exact) mass is 266 g/mol. The molecule has 0 heterocycles. The van der Waals surface area contributed by atoms with Crippen molar-refractivity contribution < 1.29 is 0 Å². The van der Waals surface area contributed by atoms with E-state index >= 15 is 0 Å². The summed E-state index contributed by atoms with van der Waals surface area (Å²) >= 11 is 0. The maximum absolute atomic E-state index is 3.56. The minimum absolute atomic E-state index is 0.721. The van der Waals surface area contributed by atoms with Crippen molar-refractivity contribution in [2.24, 2.45) is 23.7 Å². The summed E-state index contributed by atoms with van der Waals surface area (Å²) in [5, 5.41) is 3.56. The summed E-state index contributed by atoms with van der Waals surface area (Å²) in [6.07, 6.45) is 7.40. The zero-order chi connectivity index (χ0) is 13.8. The Balaban J connectivity index is 1.61. The molecular formula is C17H34N2. The number of nitrogens with one attached hydrogen (secondary N) is 1. The van der Waals surface area contributed by atoms with Crippen molar-refractivity contribution in [1.82, 2.24) is 10.2 Å². The average molecular weight is 266 g/mol. The molecule has 2 rings (SSSR count). The van der Waals surface area contributed by atoms with E-state index in [-0.39, 0.29) is 0 Å². The van der Waals surface area contributed by atoms with Gasteiger partial charge in [-0.2, -0.15) is 0 Å². The van der Waals surface area contributed by atoms with Crippen LogP contribution < -0.4 is 5.32 Å². The fourth-order valence-corrected chi connectivity index (χ4v) is 4.07. The second kappa shape index (κ2) is 7.08. The van der Waals surface area contributed by atoms with Crippen LogP contribution in [0.4, 0.5) is 0 Å². The Morgan fingerprint density at radius 2 is 1.95 bits per heavy atom. The van der Waals surface area contributed by atoms with Crippen molar-refractivity contribution in [3.63, 3.8) is 0 Å². The third-order valence-corrected chi connectivity index (χ3v) is 5.45. The average Bonchev–Trinajstić information content (AvgIpc) is 2.96. The first-order valence-corrected chi connectivity index (χ1v) is 8.47. The summed E-state index contributed by atoms with van der Waals surface area (Å²) in [6.45, 7) is 10.6. The quantitative estimate of drug-likeness (QED) is 0.678. The maximum atomic E-state index is 3.56. The first-order valence-electron chi connectivity index (χ1n) is 8.47. The Bertz CT molecular complexity index is 264. The van der Waals surface area contributed by atoms with Crippen LogP contribution in [0.2, 0.25) is 0 Å². The molecule has 2 aliphatic carbocycles. The van der Waals surface area contributed by atoms with Gasteiger partial charge in [-0.05, 0) is 76.4 Å². The van der Waals surface area contributed by atoms with Crippen LogP contribution in [0, 0.1) is 23.7 Å². The topological polar surface area (TPSA) is 15.3 Å². The summed E-state index contributed by atoms with van der Waals surface area (Å²) in [5.74, 6) is 3.93. The molecule has 0 aromatic heterocycles. The van der Waals surface area contributed by atoms with E-state index in [9.17, 15) is 0 Å². The van der Waals surface area contributed by atoms with Crippen molar-refractivity contribution >= 4 is 0 Å². The Kier molecular flexibility index (Phi) is 5.70. The largest absolute Gasteiger partial charge is 0.316 e. The van der Waals surface area contributed by atoms with Gasteiger partial charge in [0, 0.05) is 12.6 Å². The van der Waals surface area contributed by atoms with Crippen molar-refractivity contribution in [2.45, 2.75) is 58.9 Å². The zero-order valence-corrected chi connectivity index (χ0v) is 13.5. The summed E-state index contributed by atoms with van der Waals surface area (Å²) in [6, 6.07) is 0.721. The normalized spacial score (nSPS) is 31.6.